The summed E-state index contributed by atoms with van der Waals surface area (Å²) >= 11 is 0. The lowest BCUT2D eigenvalue weighted by molar-refractivity contribution is -0.259. The molecule has 262 valence electrons. The van der Waals surface area contributed by atoms with Gasteiger partial charge in [-0.05, 0) is 6.08 Å². The maximum atomic E-state index is 12.4. The molecule has 0 aromatic carbocycles. The zero-order valence-corrected chi connectivity index (χ0v) is 26.0. The average molecular weight is 679 g/mol. The van der Waals surface area contributed by atoms with Crippen LogP contribution in [0.2, 0.25) is 0 Å². The molecule has 2 fully saturated rings. The Morgan fingerprint density at radius 1 is 0.625 bits per heavy atom. The molecule has 48 heavy (non-hydrogen) atoms. The molecule has 2 aliphatic heterocycles. The summed E-state index contributed by atoms with van der Waals surface area (Å²) in [5, 5.41) is 22.7. The number of carbonyl (C=O) groups is 6. The van der Waals surface area contributed by atoms with Crippen LogP contribution in [0, 0.1) is 0 Å². The molecule has 0 saturated carbocycles. The Kier molecular flexibility index (Phi) is 15.2. The van der Waals surface area contributed by atoms with Gasteiger partial charge in [-0.1, -0.05) is 39.5 Å². The Morgan fingerprint density at radius 2 is 1.15 bits per heavy atom. The van der Waals surface area contributed by atoms with Gasteiger partial charge in [-0.3, -0.25) is 4.79 Å². The number of carbonyl (C=O) groups excluding carboxylic acids is 6. The molecule has 0 radical (unpaired) electrons. The highest BCUT2D eigenvalue weighted by Crippen LogP contribution is 2.41. The van der Waals surface area contributed by atoms with Gasteiger partial charge in [0, 0.05) is 36.8 Å². The summed E-state index contributed by atoms with van der Waals surface area (Å²) in [5.41, 5.74) is -2.07. The van der Waals surface area contributed by atoms with E-state index in [1.54, 1.807) is 0 Å². The van der Waals surface area contributed by atoms with Crippen LogP contribution in [0.3, 0.4) is 0 Å². The molecular formula is C32H38O16. The monoisotopic (exact) mass is 678 g/mol. The summed E-state index contributed by atoms with van der Waals surface area (Å²) in [5.74, 6) is -5.43. The van der Waals surface area contributed by atoms with Crippen molar-refractivity contribution >= 4 is 35.6 Å². The third kappa shape index (κ3) is 10.4. The van der Waals surface area contributed by atoms with E-state index in [0.717, 1.165) is 36.5 Å². The minimum absolute atomic E-state index is 0.470. The Morgan fingerprint density at radius 3 is 1.69 bits per heavy atom. The number of rotatable bonds is 19. The van der Waals surface area contributed by atoms with Crippen LogP contribution < -0.4 is 0 Å². The van der Waals surface area contributed by atoms with Crippen LogP contribution in [-0.4, -0.2) is 127 Å². The van der Waals surface area contributed by atoms with E-state index in [-0.39, 0.29) is 0 Å². The molecule has 0 aromatic heterocycles. The molecule has 16 heteroatoms. The van der Waals surface area contributed by atoms with Crippen molar-refractivity contribution in [3.8, 4) is 0 Å². The number of ether oxygens (including phenoxy) is 8. The topological polar surface area (TPSA) is 217 Å². The third-order valence-corrected chi connectivity index (χ3v) is 7.08. The minimum Gasteiger partial charge on any atom is -0.460 e. The molecule has 2 heterocycles. The van der Waals surface area contributed by atoms with E-state index in [2.05, 4.69) is 39.5 Å². The summed E-state index contributed by atoms with van der Waals surface area (Å²) < 4.78 is 44.1. The van der Waals surface area contributed by atoms with Crippen molar-refractivity contribution < 1.29 is 76.9 Å². The van der Waals surface area contributed by atoms with E-state index in [1.165, 1.54) is 0 Å². The van der Waals surface area contributed by atoms with Crippen molar-refractivity contribution in [2.75, 3.05) is 26.4 Å². The van der Waals surface area contributed by atoms with Crippen molar-refractivity contribution in [3.05, 3.63) is 75.9 Å². The molecule has 2 saturated heterocycles. The van der Waals surface area contributed by atoms with Crippen LogP contribution in [-0.2, 0) is 66.7 Å². The Hall–Kier alpha value is -4.74. The summed E-state index contributed by atoms with van der Waals surface area (Å²) in [6, 6.07) is 0. The highest BCUT2D eigenvalue weighted by atomic mass is 16.7. The van der Waals surface area contributed by atoms with Gasteiger partial charge in [0.2, 0.25) is 0 Å². The molecule has 0 aliphatic carbocycles. The normalized spacial score (nSPS) is 29.2. The Labute approximate surface area is 275 Å². The zero-order chi connectivity index (χ0) is 36.0. The van der Waals surface area contributed by atoms with Gasteiger partial charge in [-0.15, -0.1) is 0 Å². The first-order chi connectivity index (χ1) is 22.8. The van der Waals surface area contributed by atoms with E-state index in [1.807, 2.05) is 0 Å². The molecule has 0 aromatic rings. The van der Waals surface area contributed by atoms with Gasteiger partial charge < -0.3 is 48.1 Å². The molecular weight excluding hydrogens is 640 g/mol. The SMILES string of the molecule is C=CC(=O)COCC1OC(CC2(COC(=O)C=C)OC(COC(=O)C=C)C(O)C2OC(=O)C=C)C(OC(=O)C=C)C(O)C1OC(=O)C=C. The fourth-order valence-corrected chi connectivity index (χ4v) is 4.88. The minimum atomic E-state index is -2.07. The number of hydrogen-bond donors (Lipinski definition) is 2. The fraction of sp³-hybridized carbons (Fsp3) is 0.438. The van der Waals surface area contributed by atoms with Gasteiger partial charge in [0.15, 0.2) is 24.1 Å². The van der Waals surface area contributed by atoms with Crippen molar-refractivity contribution in [2.24, 2.45) is 0 Å². The smallest absolute Gasteiger partial charge is 0.330 e. The van der Waals surface area contributed by atoms with Gasteiger partial charge >= 0.3 is 29.8 Å². The van der Waals surface area contributed by atoms with Gasteiger partial charge in [0.1, 0.15) is 55.9 Å². The Bertz CT molecular complexity index is 1290. The van der Waals surface area contributed by atoms with Crippen LogP contribution in [0.25, 0.3) is 0 Å². The van der Waals surface area contributed by atoms with Crippen molar-refractivity contribution in [1.29, 1.82) is 0 Å². The number of hydrogen-bond acceptors (Lipinski definition) is 16. The first-order valence-electron chi connectivity index (χ1n) is 14.3. The van der Waals surface area contributed by atoms with Gasteiger partial charge in [-0.2, -0.15) is 0 Å². The quantitative estimate of drug-likeness (QED) is 0.100. The van der Waals surface area contributed by atoms with E-state index < -0.39 is 123 Å². The number of aliphatic hydroxyl groups is 2. The molecule has 9 atom stereocenters. The van der Waals surface area contributed by atoms with Crippen LogP contribution in [0.5, 0.6) is 0 Å². The highest BCUT2D eigenvalue weighted by Gasteiger charge is 2.61. The van der Waals surface area contributed by atoms with Crippen molar-refractivity contribution in [2.45, 2.75) is 60.9 Å². The van der Waals surface area contributed by atoms with Crippen LogP contribution in [0.4, 0.5) is 0 Å². The second-order valence-electron chi connectivity index (χ2n) is 10.2. The second-order valence-corrected chi connectivity index (χ2v) is 10.2. The molecule has 9 unspecified atom stereocenters. The molecule has 2 N–H and O–H groups in total. The van der Waals surface area contributed by atoms with Crippen molar-refractivity contribution in [3.63, 3.8) is 0 Å². The molecule has 16 nitrogen and oxygen atoms in total. The fourth-order valence-electron chi connectivity index (χ4n) is 4.88. The summed E-state index contributed by atoms with van der Waals surface area (Å²) in [7, 11) is 0. The largest absolute Gasteiger partial charge is 0.460 e. The van der Waals surface area contributed by atoms with E-state index >= 15 is 0 Å². The van der Waals surface area contributed by atoms with E-state index in [9.17, 15) is 39.0 Å². The number of aliphatic hydroxyl groups excluding tert-OH is 2. The lowest BCUT2D eigenvalue weighted by atomic mass is 9.83. The number of esters is 5. The summed E-state index contributed by atoms with van der Waals surface area (Å²) in [4.78, 5) is 72.9. The molecule has 2 aliphatic rings. The van der Waals surface area contributed by atoms with Crippen molar-refractivity contribution in [1.82, 2.24) is 0 Å². The van der Waals surface area contributed by atoms with Gasteiger partial charge in [-0.25, -0.2) is 24.0 Å². The lowest BCUT2D eigenvalue weighted by Gasteiger charge is -2.46. The average Bonchev–Trinajstić information content (AvgIpc) is 3.34. The van der Waals surface area contributed by atoms with Crippen LogP contribution in [0.15, 0.2) is 75.9 Å². The first-order valence-corrected chi connectivity index (χ1v) is 14.3. The van der Waals surface area contributed by atoms with E-state index in [4.69, 9.17) is 37.9 Å². The number of ketones is 1. The maximum Gasteiger partial charge on any atom is 0.330 e. The molecule has 0 spiro atoms. The van der Waals surface area contributed by atoms with Crippen LogP contribution >= 0.6 is 0 Å². The standard InChI is InChI=1S/C32H38O16/c1-7-18(33)14-41-15-21-30(46-25(37)11-5)28(40)29(45-24(36)10-4)19(44-21)13-32(17-43-23(35)9-3)31(47-26(38)12-6)27(39)20(48-32)16-42-22(34)8-2/h7-12,19-21,27-31,39-40H,1-6,13-17H2. The summed E-state index contributed by atoms with van der Waals surface area (Å²) in [6.45, 7) is 17.6. The zero-order valence-electron chi connectivity index (χ0n) is 26.0. The maximum absolute atomic E-state index is 12.4. The van der Waals surface area contributed by atoms with Gasteiger partial charge in [0.05, 0.1) is 6.61 Å². The predicted octanol–water partition coefficient (Wildman–Crippen LogP) is -0.473. The van der Waals surface area contributed by atoms with E-state index in [0.29, 0.717) is 0 Å². The first kappa shape index (κ1) is 39.4. The third-order valence-electron chi connectivity index (χ3n) is 7.08. The Balaban J connectivity index is 2.66. The second kappa shape index (κ2) is 18.6. The highest BCUT2D eigenvalue weighted by molar-refractivity contribution is 5.90. The molecule has 2 rings (SSSR count). The van der Waals surface area contributed by atoms with Gasteiger partial charge in [0.25, 0.3) is 0 Å². The molecule has 0 bridgehead atoms. The molecule has 0 amide bonds. The predicted molar refractivity (Wildman–Crippen MR) is 161 cm³/mol. The van der Waals surface area contributed by atoms with Crippen LogP contribution in [0.1, 0.15) is 6.42 Å². The lowest BCUT2D eigenvalue weighted by Crippen LogP contribution is -2.63. The summed E-state index contributed by atoms with van der Waals surface area (Å²) in [6.07, 6.45) is -8.36.